The topological polar surface area (TPSA) is 81.0 Å². The van der Waals surface area contributed by atoms with Crippen molar-refractivity contribution in [3.05, 3.63) is 52.8 Å². The molecule has 3 aromatic rings. The lowest BCUT2D eigenvalue weighted by atomic mass is 10.2. The Morgan fingerprint density at radius 1 is 1.16 bits per heavy atom. The summed E-state index contributed by atoms with van der Waals surface area (Å²) in [6.07, 6.45) is 1.72. The molecule has 0 aliphatic carbocycles. The molecule has 0 spiro atoms. The minimum atomic E-state index is -3.58. The van der Waals surface area contributed by atoms with Crippen molar-refractivity contribution in [2.75, 3.05) is 20.2 Å². The third-order valence-corrected chi connectivity index (χ3v) is 8.14. The molecule has 3 rings (SSSR count). The number of unbranched alkanes of at least 4 members (excludes halogenated alkanes) is 1. The molecule has 166 valence electrons. The van der Waals surface area contributed by atoms with Crippen LogP contribution in [0.4, 0.5) is 0 Å². The maximum Gasteiger partial charge on any atom is 0.279 e. The van der Waals surface area contributed by atoms with Crippen LogP contribution in [-0.4, -0.2) is 43.4 Å². The molecule has 1 amide bonds. The van der Waals surface area contributed by atoms with Gasteiger partial charge in [0.05, 0.1) is 16.7 Å². The van der Waals surface area contributed by atoms with Gasteiger partial charge < -0.3 is 9.30 Å². The molecule has 1 heterocycles. The maximum atomic E-state index is 12.8. The molecular formula is C22H27N3O4S2. The largest absolute Gasteiger partial charge is 0.495 e. The van der Waals surface area contributed by atoms with Crippen LogP contribution in [0.3, 0.4) is 0 Å². The van der Waals surface area contributed by atoms with Crippen molar-refractivity contribution >= 4 is 37.5 Å². The third kappa shape index (κ3) is 4.73. The second-order valence-corrected chi connectivity index (χ2v) is 9.99. The molecule has 31 heavy (non-hydrogen) atoms. The second kappa shape index (κ2) is 9.76. The number of nitrogens with zero attached hydrogens (tertiary/aromatic N) is 3. The zero-order valence-corrected chi connectivity index (χ0v) is 19.8. The van der Waals surface area contributed by atoms with Crippen LogP contribution in [0.2, 0.25) is 0 Å². The predicted octanol–water partition coefficient (Wildman–Crippen LogP) is 3.80. The van der Waals surface area contributed by atoms with Gasteiger partial charge in [0.2, 0.25) is 10.0 Å². The first-order valence-electron chi connectivity index (χ1n) is 10.1. The summed E-state index contributed by atoms with van der Waals surface area (Å²) < 4.78 is 35.3. The van der Waals surface area contributed by atoms with E-state index < -0.39 is 15.9 Å². The van der Waals surface area contributed by atoms with E-state index in [-0.39, 0.29) is 4.90 Å². The summed E-state index contributed by atoms with van der Waals surface area (Å²) in [5.74, 6) is 0.284. The number of aromatic nitrogens is 1. The number of aryl methyl sites for hydroxylation is 1. The number of fused-ring (bicyclic) bond motifs is 1. The fourth-order valence-corrected chi connectivity index (χ4v) is 5.81. The lowest BCUT2D eigenvalue weighted by Crippen LogP contribution is -2.31. The summed E-state index contributed by atoms with van der Waals surface area (Å²) >= 11 is 1.39. The second-order valence-electron chi connectivity index (χ2n) is 7.04. The minimum absolute atomic E-state index is 0.180. The van der Waals surface area contributed by atoms with Crippen LogP contribution in [-0.2, 0) is 17.1 Å². The highest BCUT2D eigenvalue weighted by atomic mass is 32.2. The average molecular weight is 462 g/mol. The first-order valence-corrected chi connectivity index (χ1v) is 12.4. The summed E-state index contributed by atoms with van der Waals surface area (Å²) in [7, 11) is -0.146. The number of sulfonamides is 1. The monoisotopic (exact) mass is 461 g/mol. The zero-order valence-electron chi connectivity index (χ0n) is 18.2. The molecular weight excluding hydrogens is 434 g/mol. The summed E-state index contributed by atoms with van der Waals surface area (Å²) in [6, 6.07) is 11.7. The molecule has 0 aliphatic rings. The molecule has 7 nitrogen and oxygen atoms in total. The Morgan fingerprint density at radius 3 is 2.48 bits per heavy atom. The van der Waals surface area contributed by atoms with Gasteiger partial charge in [-0.15, -0.1) is 0 Å². The van der Waals surface area contributed by atoms with Crippen molar-refractivity contribution in [1.29, 1.82) is 0 Å². The van der Waals surface area contributed by atoms with Gasteiger partial charge in [-0.05, 0) is 42.8 Å². The molecule has 0 radical (unpaired) electrons. The maximum absolute atomic E-state index is 12.8. The van der Waals surface area contributed by atoms with Gasteiger partial charge in [-0.1, -0.05) is 37.7 Å². The number of amides is 1. The number of para-hydroxylation sites is 1. The van der Waals surface area contributed by atoms with E-state index in [1.807, 2.05) is 43.7 Å². The first-order chi connectivity index (χ1) is 14.8. The van der Waals surface area contributed by atoms with Gasteiger partial charge in [-0.3, -0.25) is 4.79 Å². The number of thiazole rings is 1. The number of ether oxygens (including phenoxy) is 1. The molecule has 0 aliphatic heterocycles. The predicted molar refractivity (Wildman–Crippen MR) is 123 cm³/mol. The Kier molecular flexibility index (Phi) is 7.30. The van der Waals surface area contributed by atoms with E-state index in [2.05, 4.69) is 4.99 Å². The number of methoxy groups -OCH3 is 1. The Labute approximate surface area is 186 Å². The molecule has 0 bridgehead atoms. The van der Waals surface area contributed by atoms with E-state index in [0.29, 0.717) is 29.2 Å². The number of carbonyl (C=O) groups is 1. The van der Waals surface area contributed by atoms with Gasteiger partial charge in [0.1, 0.15) is 11.3 Å². The lowest BCUT2D eigenvalue weighted by molar-refractivity contribution is 0.0998. The fraction of sp³-hybridized carbons (Fsp3) is 0.364. The number of hydrogen-bond donors (Lipinski definition) is 0. The van der Waals surface area contributed by atoms with Crippen LogP contribution in [0.5, 0.6) is 5.75 Å². The quantitative estimate of drug-likeness (QED) is 0.511. The molecule has 0 N–H and O–H groups in total. The Bertz CT molecular complexity index is 1240. The smallest absolute Gasteiger partial charge is 0.279 e. The van der Waals surface area contributed by atoms with Crippen molar-refractivity contribution in [1.82, 2.24) is 8.87 Å². The van der Waals surface area contributed by atoms with Crippen LogP contribution in [0, 0.1) is 0 Å². The van der Waals surface area contributed by atoms with Crippen LogP contribution in [0.25, 0.3) is 10.2 Å². The van der Waals surface area contributed by atoms with Crippen molar-refractivity contribution in [3.63, 3.8) is 0 Å². The van der Waals surface area contributed by atoms with Gasteiger partial charge in [0.25, 0.3) is 5.91 Å². The van der Waals surface area contributed by atoms with Gasteiger partial charge in [0.15, 0.2) is 4.80 Å². The van der Waals surface area contributed by atoms with Gasteiger partial charge in [0, 0.05) is 25.7 Å². The highest BCUT2D eigenvalue weighted by Crippen LogP contribution is 2.26. The van der Waals surface area contributed by atoms with E-state index in [9.17, 15) is 13.2 Å². The highest BCUT2D eigenvalue weighted by Gasteiger charge is 2.22. The zero-order chi connectivity index (χ0) is 22.6. The Balaban J connectivity index is 1.91. The van der Waals surface area contributed by atoms with E-state index in [1.165, 1.54) is 39.9 Å². The highest BCUT2D eigenvalue weighted by molar-refractivity contribution is 7.89. The Morgan fingerprint density at radius 2 is 1.87 bits per heavy atom. The van der Waals surface area contributed by atoms with E-state index in [0.717, 1.165) is 23.1 Å². The van der Waals surface area contributed by atoms with Crippen LogP contribution in [0.1, 0.15) is 37.0 Å². The fourth-order valence-electron chi connectivity index (χ4n) is 3.29. The molecule has 9 heteroatoms. The van der Waals surface area contributed by atoms with Gasteiger partial charge in [-0.25, -0.2) is 8.42 Å². The van der Waals surface area contributed by atoms with Crippen molar-refractivity contribution in [2.45, 2.75) is 31.6 Å². The number of hydrogen-bond acceptors (Lipinski definition) is 5. The van der Waals surface area contributed by atoms with Crippen molar-refractivity contribution < 1.29 is 17.9 Å². The van der Waals surface area contributed by atoms with Crippen molar-refractivity contribution in [3.8, 4) is 5.75 Å². The summed E-state index contributed by atoms with van der Waals surface area (Å²) in [5.41, 5.74) is 1.20. The molecule has 1 aromatic heterocycles. The average Bonchev–Trinajstić information content (AvgIpc) is 3.09. The minimum Gasteiger partial charge on any atom is -0.495 e. The van der Waals surface area contributed by atoms with Gasteiger partial charge >= 0.3 is 0 Å². The van der Waals surface area contributed by atoms with Crippen LogP contribution < -0.4 is 9.54 Å². The summed E-state index contributed by atoms with van der Waals surface area (Å²) in [6.45, 7) is 4.74. The Hall–Kier alpha value is -2.49. The standard InChI is InChI=1S/C22H27N3O4S2/c1-5-7-15-25(6-2)31(27,28)17-13-11-16(12-14-17)21(26)23-22-24(3)20-18(29-4)9-8-10-19(20)30-22/h8-14H,5-7,15H2,1-4H3. The van der Waals surface area contributed by atoms with Crippen LogP contribution in [0.15, 0.2) is 52.4 Å². The number of rotatable bonds is 8. The van der Waals surface area contributed by atoms with Crippen molar-refractivity contribution in [2.24, 2.45) is 12.0 Å². The molecule has 0 unspecified atom stereocenters. The SMILES string of the molecule is CCCCN(CC)S(=O)(=O)c1ccc(C(=O)N=c2sc3cccc(OC)c3n2C)cc1. The normalized spacial score (nSPS) is 12.6. The van der Waals surface area contributed by atoms with Gasteiger partial charge in [-0.2, -0.15) is 9.30 Å². The molecule has 0 atom stereocenters. The molecule has 2 aromatic carbocycles. The summed E-state index contributed by atoms with van der Waals surface area (Å²) in [4.78, 5) is 17.7. The van der Waals surface area contributed by atoms with Crippen LogP contribution >= 0.6 is 11.3 Å². The number of benzene rings is 2. The third-order valence-electron chi connectivity index (χ3n) is 5.06. The first kappa shape index (κ1) is 23.2. The van der Waals surface area contributed by atoms with E-state index in [4.69, 9.17) is 4.74 Å². The molecule has 0 fully saturated rings. The molecule has 0 saturated carbocycles. The van der Waals surface area contributed by atoms with E-state index >= 15 is 0 Å². The lowest BCUT2D eigenvalue weighted by Gasteiger charge is -2.20. The van der Waals surface area contributed by atoms with E-state index in [1.54, 1.807) is 7.11 Å². The molecule has 0 saturated heterocycles. The summed E-state index contributed by atoms with van der Waals surface area (Å²) in [5, 5.41) is 0. The number of carbonyl (C=O) groups excluding carboxylic acids is 1.